The predicted octanol–water partition coefficient (Wildman–Crippen LogP) is 1.20. The van der Waals surface area contributed by atoms with Gasteiger partial charge in [-0.05, 0) is 6.42 Å². The number of nitrogens with one attached hydrogen (secondary N) is 1. The molecule has 1 aromatic rings. The minimum Gasteiger partial charge on any atom is -0.358 e. The highest BCUT2D eigenvalue weighted by molar-refractivity contribution is 6.29. The Morgan fingerprint density at radius 2 is 2.20 bits per heavy atom. The summed E-state index contributed by atoms with van der Waals surface area (Å²) < 4.78 is 0. The number of nitrogens with zero attached hydrogens (tertiary/aromatic N) is 3. The number of hydrogen-bond acceptors (Lipinski definition) is 6. The van der Waals surface area contributed by atoms with Crippen molar-refractivity contribution < 1.29 is 14.5 Å². The SMILES string of the molecule is CN1C(=O)CCC(Nc2cc([N+](=O)[O-])cc(Cl)n2)C1=O. The third kappa shape index (κ3) is 2.85. The molecule has 9 heteroatoms. The quantitative estimate of drug-likeness (QED) is 0.389. The van der Waals surface area contributed by atoms with Crippen molar-refractivity contribution in [1.29, 1.82) is 0 Å². The van der Waals surface area contributed by atoms with Crippen LogP contribution in [0.5, 0.6) is 0 Å². The Kier molecular flexibility index (Phi) is 3.84. The van der Waals surface area contributed by atoms with E-state index in [-0.39, 0.29) is 29.0 Å². The first-order valence-electron chi connectivity index (χ1n) is 5.77. The van der Waals surface area contributed by atoms with E-state index in [4.69, 9.17) is 11.6 Å². The summed E-state index contributed by atoms with van der Waals surface area (Å²) in [5.41, 5.74) is -0.222. The zero-order valence-corrected chi connectivity index (χ0v) is 11.3. The number of aromatic nitrogens is 1. The molecular formula is C11H11ClN4O4. The van der Waals surface area contributed by atoms with Gasteiger partial charge in [-0.2, -0.15) is 0 Å². The molecule has 1 fully saturated rings. The van der Waals surface area contributed by atoms with Crippen molar-refractivity contribution in [3.8, 4) is 0 Å². The van der Waals surface area contributed by atoms with Gasteiger partial charge in [0, 0.05) is 13.5 Å². The summed E-state index contributed by atoms with van der Waals surface area (Å²) in [6, 6.07) is 1.66. The molecule has 0 radical (unpaired) electrons. The predicted molar refractivity (Wildman–Crippen MR) is 70.3 cm³/mol. The van der Waals surface area contributed by atoms with E-state index in [9.17, 15) is 19.7 Å². The highest BCUT2D eigenvalue weighted by Crippen LogP contribution is 2.23. The lowest BCUT2D eigenvalue weighted by atomic mass is 10.0. The first-order chi connectivity index (χ1) is 9.38. The summed E-state index contributed by atoms with van der Waals surface area (Å²) in [5.74, 6) is -0.519. The monoisotopic (exact) mass is 298 g/mol. The number of pyridine rings is 1. The van der Waals surface area contributed by atoms with Crippen molar-refractivity contribution in [2.45, 2.75) is 18.9 Å². The number of rotatable bonds is 3. The Morgan fingerprint density at radius 1 is 1.50 bits per heavy atom. The van der Waals surface area contributed by atoms with Crippen molar-refractivity contribution >= 4 is 34.9 Å². The number of imide groups is 1. The minimum absolute atomic E-state index is 0.0469. The molecule has 1 N–H and O–H groups in total. The van der Waals surface area contributed by atoms with Crippen molar-refractivity contribution in [2.24, 2.45) is 0 Å². The van der Waals surface area contributed by atoms with Crippen LogP contribution in [0.25, 0.3) is 0 Å². The summed E-state index contributed by atoms with van der Waals surface area (Å²) in [6.45, 7) is 0. The van der Waals surface area contributed by atoms with Crippen LogP contribution in [-0.2, 0) is 9.59 Å². The summed E-state index contributed by atoms with van der Waals surface area (Å²) in [4.78, 5) is 38.3. The molecule has 2 amide bonds. The number of amides is 2. The van der Waals surface area contributed by atoms with Crippen LogP contribution >= 0.6 is 11.6 Å². The number of carbonyl (C=O) groups is 2. The fourth-order valence-corrected chi connectivity index (χ4v) is 2.09. The molecule has 0 saturated carbocycles. The Bertz CT molecular complexity index is 592. The average Bonchev–Trinajstić information content (AvgIpc) is 2.39. The van der Waals surface area contributed by atoms with E-state index in [2.05, 4.69) is 10.3 Å². The second kappa shape index (κ2) is 5.41. The van der Waals surface area contributed by atoms with Gasteiger partial charge in [0.1, 0.15) is 17.0 Å². The van der Waals surface area contributed by atoms with Gasteiger partial charge in [0.05, 0.1) is 17.1 Å². The van der Waals surface area contributed by atoms with Crippen LogP contribution in [0.2, 0.25) is 5.15 Å². The van der Waals surface area contributed by atoms with Crippen molar-refractivity contribution in [1.82, 2.24) is 9.88 Å². The molecule has 0 aliphatic carbocycles. The second-order valence-corrected chi connectivity index (χ2v) is 4.70. The van der Waals surface area contributed by atoms with Gasteiger partial charge in [-0.15, -0.1) is 0 Å². The van der Waals surface area contributed by atoms with Gasteiger partial charge in [0.2, 0.25) is 5.91 Å². The van der Waals surface area contributed by atoms with E-state index >= 15 is 0 Å². The van der Waals surface area contributed by atoms with Gasteiger partial charge < -0.3 is 5.32 Å². The van der Waals surface area contributed by atoms with Gasteiger partial charge in [-0.25, -0.2) is 4.98 Å². The van der Waals surface area contributed by atoms with Gasteiger partial charge in [0.25, 0.3) is 11.6 Å². The molecule has 1 aliphatic rings. The highest BCUT2D eigenvalue weighted by Gasteiger charge is 2.32. The molecule has 2 heterocycles. The normalized spacial score (nSPS) is 19.1. The molecule has 8 nitrogen and oxygen atoms in total. The van der Waals surface area contributed by atoms with Gasteiger partial charge in [-0.3, -0.25) is 24.6 Å². The fourth-order valence-electron chi connectivity index (χ4n) is 1.89. The number of halogens is 1. The lowest BCUT2D eigenvalue weighted by Crippen LogP contribution is -2.48. The first-order valence-corrected chi connectivity index (χ1v) is 6.15. The zero-order valence-electron chi connectivity index (χ0n) is 10.5. The summed E-state index contributed by atoms with van der Waals surface area (Å²) >= 11 is 5.69. The summed E-state index contributed by atoms with van der Waals surface area (Å²) in [5, 5.41) is 13.5. The zero-order chi connectivity index (χ0) is 14.9. The van der Waals surface area contributed by atoms with E-state index in [1.165, 1.54) is 13.1 Å². The largest absolute Gasteiger partial charge is 0.358 e. The standard InChI is InChI=1S/C11H11ClN4O4/c1-15-10(17)3-2-7(11(15)18)13-9-5-6(16(19)20)4-8(12)14-9/h4-5,7H,2-3H2,1H3,(H,13,14). The van der Waals surface area contributed by atoms with E-state index in [0.717, 1.165) is 11.0 Å². The maximum absolute atomic E-state index is 11.9. The van der Waals surface area contributed by atoms with Crippen LogP contribution in [0.4, 0.5) is 11.5 Å². The van der Waals surface area contributed by atoms with Crippen LogP contribution in [-0.4, -0.2) is 39.7 Å². The molecule has 2 rings (SSSR count). The third-order valence-corrected chi connectivity index (χ3v) is 3.16. The molecule has 106 valence electrons. The molecule has 1 saturated heterocycles. The van der Waals surface area contributed by atoms with Crippen LogP contribution in [0.15, 0.2) is 12.1 Å². The number of piperidine rings is 1. The molecule has 1 aliphatic heterocycles. The van der Waals surface area contributed by atoms with E-state index in [1.54, 1.807) is 0 Å². The number of likely N-dealkylation sites (N-methyl/N-ethyl adjacent to an activating group) is 1. The van der Waals surface area contributed by atoms with Crippen molar-refractivity contribution in [3.05, 3.63) is 27.4 Å². The van der Waals surface area contributed by atoms with E-state index in [0.29, 0.717) is 6.42 Å². The number of carbonyl (C=O) groups excluding carboxylic acids is 2. The van der Waals surface area contributed by atoms with Gasteiger partial charge in [-0.1, -0.05) is 11.6 Å². The van der Waals surface area contributed by atoms with Gasteiger partial charge in [0.15, 0.2) is 0 Å². The molecule has 0 spiro atoms. The van der Waals surface area contributed by atoms with Crippen molar-refractivity contribution in [2.75, 3.05) is 12.4 Å². The first kappa shape index (κ1) is 14.2. The molecule has 1 atom stereocenters. The third-order valence-electron chi connectivity index (χ3n) is 2.96. The number of likely N-dealkylation sites (tertiary alicyclic amines) is 1. The molecule has 0 bridgehead atoms. The smallest absolute Gasteiger partial charge is 0.276 e. The Hall–Kier alpha value is -2.22. The van der Waals surface area contributed by atoms with E-state index in [1.807, 2.05) is 0 Å². The maximum Gasteiger partial charge on any atom is 0.276 e. The highest BCUT2D eigenvalue weighted by atomic mass is 35.5. The molecule has 1 aromatic heterocycles. The molecule has 1 unspecified atom stereocenters. The summed E-state index contributed by atoms with van der Waals surface area (Å²) in [7, 11) is 1.40. The average molecular weight is 299 g/mol. The van der Waals surface area contributed by atoms with Crippen LogP contribution in [0.1, 0.15) is 12.8 Å². The minimum atomic E-state index is -0.650. The second-order valence-electron chi connectivity index (χ2n) is 4.32. The van der Waals surface area contributed by atoms with Gasteiger partial charge >= 0.3 is 0 Å². The van der Waals surface area contributed by atoms with E-state index < -0.39 is 16.9 Å². The molecule has 20 heavy (non-hydrogen) atoms. The lowest BCUT2D eigenvalue weighted by Gasteiger charge is -2.28. The number of hydrogen-bond donors (Lipinski definition) is 1. The molecular weight excluding hydrogens is 288 g/mol. The lowest BCUT2D eigenvalue weighted by molar-refractivity contribution is -0.384. The summed E-state index contributed by atoms with van der Waals surface area (Å²) in [6.07, 6.45) is 0.534. The van der Waals surface area contributed by atoms with Crippen LogP contribution < -0.4 is 5.32 Å². The number of anilines is 1. The Morgan fingerprint density at radius 3 is 2.85 bits per heavy atom. The number of nitro groups is 1. The topological polar surface area (TPSA) is 105 Å². The Balaban J connectivity index is 2.20. The van der Waals surface area contributed by atoms with Crippen LogP contribution in [0.3, 0.4) is 0 Å². The Labute approximate surface area is 118 Å². The maximum atomic E-state index is 11.9. The van der Waals surface area contributed by atoms with Crippen molar-refractivity contribution in [3.63, 3.8) is 0 Å². The fraction of sp³-hybridized carbons (Fsp3) is 0.364. The molecule has 0 aromatic carbocycles. The van der Waals surface area contributed by atoms with Crippen LogP contribution in [0, 0.1) is 10.1 Å².